The molecule has 2 aliphatic rings. The van der Waals surface area contributed by atoms with Crippen LogP contribution in [0.5, 0.6) is 0 Å². The van der Waals surface area contributed by atoms with Gasteiger partial charge in [-0.3, -0.25) is 0 Å². The molecule has 0 bridgehead atoms. The van der Waals surface area contributed by atoms with Crippen molar-refractivity contribution in [1.82, 2.24) is 4.98 Å². The molecule has 0 unspecified atom stereocenters. The number of thiophene rings is 1. The van der Waals surface area contributed by atoms with Crippen molar-refractivity contribution in [1.29, 1.82) is 0 Å². The van der Waals surface area contributed by atoms with E-state index in [4.69, 9.17) is 4.98 Å². The lowest BCUT2D eigenvalue weighted by molar-refractivity contribution is 0.0407. The summed E-state index contributed by atoms with van der Waals surface area (Å²) in [6.45, 7) is 3.53. The predicted octanol–water partition coefficient (Wildman–Crippen LogP) is 3.95. The highest BCUT2D eigenvalue weighted by Crippen LogP contribution is 2.46. The third kappa shape index (κ3) is 3.01. The van der Waals surface area contributed by atoms with E-state index in [-0.39, 0.29) is 17.1 Å². The van der Waals surface area contributed by atoms with E-state index in [0.717, 1.165) is 49.2 Å². The highest BCUT2D eigenvalue weighted by atomic mass is 32.1. The summed E-state index contributed by atoms with van der Waals surface area (Å²) in [5.74, 6) is -0.410. The molecule has 5 nitrogen and oxygen atoms in total. The lowest BCUT2D eigenvalue weighted by atomic mass is 9.76. The number of aromatic nitrogens is 1. The van der Waals surface area contributed by atoms with Crippen molar-refractivity contribution in [3.63, 3.8) is 0 Å². The summed E-state index contributed by atoms with van der Waals surface area (Å²) in [5, 5.41) is 20.2. The molecule has 1 spiro atoms. The van der Waals surface area contributed by atoms with Gasteiger partial charge < -0.3 is 15.1 Å². The number of aromatic carboxylic acids is 1. The maximum absolute atomic E-state index is 11.8. The summed E-state index contributed by atoms with van der Waals surface area (Å²) >= 11 is 1.66. The molecule has 1 saturated heterocycles. The molecule has 1 saturated carbocycles. The number of anilines is 1. The average Bonchev–Trinajstić information content (AvgIpc) is 3.21. The van der Waals surface area contributed by atoms with E-state index in [2.05, 4.69) is 17.9 Å². The van der Waals surface area contributed by atoms with Gasteiger partial charge in [-0.1, -0.05) is 6.42 Å². The maximum Gasteiger partial charge on any atom is 0.339 e. The van der Waals surface area contributed by atoms with Gasteiger partial charge in [-0.15, -0.1) is 11.3 Å². The van der Waals surface area contributed by atoms with Gasteiger partial charge in [0.15, 0.2) is 0 Å². The molecular weight excluding hydrogens is 348 g/mol. The van der Waals surface area contributed by atoms with Gasteiger partial charge in [0.05, 0.1) is 16.7 Å². The van der Waals surface area contributed by atoms with Crippen LogP contribution in [-0.2, 0) is 0 Å². The standard InChI is InChI=1S/C20H24N2O3S/c1-13-5-8-16(26-13)15-7-6-14(19(24)25)18(21-15)22-11-3-10-20(12-22)9-2-4-17(20)23/h5-8,17,23H,2-4,9-12H2,1H3,(H,24,25)/t17-,20+/m1/s1. The third-order valence-electron chi connectivity index (χ3n) is 5.87. The SMILES string of the molecule is Cc1ccc(-c2ccc(C(=O)O)c(N3CCC[C@@]4(CCC[C@H]4O)C3)n2)s1. The minimum Gasteiger partial charge on any atom is -0.478 e. The van der Waals surface area contributed by atoms with Crippen molar-refractivity contribution >= 4 is 23.1 Å². The van der Waals surface area contributed by atoms with E-state index in [0.29, 0.717) is 12.4 Å². The number of piperidine rings is 1. The smallest absolute Gasteiger partial charge is 0.339 e. The van der Waals surface area contributed by atoms with Crippen molar-refractivity contribution < 1.29 is 15.0 Å². The van der Waals surface area contributed by atoms with Crippen LogP contribution in [-0.4, -0.2) is 40.4 Å². The first-order valence-electron chi connectivity index (χ1n) is 9.23. The predicted molar refractivity (Wildman–Crippen MR) is 103 cm³/mol. The number of aliphatic hydroxyl groups is 1. The van der Waals surface area contributed by atoms with Gasteiger partial charge in [-0.2, -0.15) is 0 Å². The van der Waals surface area contributed by atoms with Crippen LogP contribution in [0, 0.1) is 12.3 Å². The van der Waals surface area contributed by atoms with E-state index < -0.39 is 5.97 Å². The van der Waals surface area contributed by atoms with Gasteiger partial charge in [0, 0.05) is 23.4 Å². The summed E-state index contributed by atoms with van der Waals surface area (Å²) in [5.41, 5.74) is 0.951. The quantitative estimate of drug-likeness (QED) is 0.853. The molecule has 2 N–H and O–H groups in total. The highest BCUT2D eigenvalue weighted by Gasteiger charge is 2.45. The molecule has 1 aliphatic heterocycles. The zero-order valence-corrected chi connectivity index (χ0v) is 15.8. The van der Waals surface area contributed by atoms with Gasteiger partial charge in [-0.25, -0.2) is 9.78 Å². The molecular formula is C20H24N2O3S. The molecule has 4 rings (SSSR count). The van der Waals surface area contributed by atoms with Crippen LogP contribution in [0.4, 0.5) is 5.82 Å². The summed E-state index contributed by atoms with van der Waals surface area (Å²) < 4.78 is 0. The van der Waals surface area contributed by atoms with Gasteiger partial charge in [-0.05, 0) is 56.9 Å². The van der Waals surface area contributed by atoms with Crippen LogP contribution in [0.15, 0.2) is 24.3 Å². The van der Waals surface area contributed by atoms with Crippen molar-refractivity contribution in [2.24, 2.45) is 5.41 Å². The minimum absolute atomic E-state index is 0.106. The Morgan fingerprint density at radius 1 is 1.27 bits per heavy atom. The minimum atomic E-state index is -0.951. The molecule has 3 heterocycles. The molecule has 6 heteroatoms. The Hall–Kier alpha value is -1.92. The highest BCUT2D eigenvalue weighted by molar-refractivity contribution is 7.15. The van der Waals surface area contributed by atoms with Crippen molar-refractivity contribution in [3.8, 4) is 10.6 Å². The number of carbonyl (C=O) groups is 1. The van der Waals surface area contributed by atoms with Gasteiger partial charge in [0.2, 0.25) is 0 Å². The van der Waals surface area contributed by atoms with Gasteiger partial charge >= 0.3 is 5.97 Å². The lowest BCUT2D eigenvalue weighted by Crippen LogP contribution is -2.48. The largest absolute Gasteiger partial charge is 0.478 e. The number of pyridine rings is 1. The molecule has 2 fully saturated rings. The fourth-order valence-corrected chi connectivity index (χ4v) is 5.34. The topological polar surface area (TPSA) is 73.7 Å². The number of carboxylic acids is 1. The van der Waals surface area contributed by atoms with E-state index in [1.807, 2.05) is 6.07 Å². The number of rotatable bonds is 3. The van der Waals surface area contributed by atoms with Crippen molar-refractivity contribution in [3.05, 3.63) is 34.7 Å². The first-order chi connectivity index (χ1) is 12.5. The molecule has 2 aromatic heterocycles. The number of hydrogen-bond donors (Lipinski definition) is 2. The van der Waals surface area contributed by atoms with Crippen molar-refractivity contribution in [2.75, 3.05) is 18.0 Å². The Kier molecular flexibility index (Phi) is 4.49. The summed E-state index contributed by atoms with van der Waals surface area (Å²) in [6.07, 6.45) is 4.58. The fourth-order valence-electron chi connectivity index (χ4n) is 4.50. The molecule has 2 atom stereocenters. The van der Waals surface area contributed by atoms with E-state index in [9.17, 15) is 15.0 Å². The zero-order valence-electron chi connectivity index (χ0n) is 14.9. The number of carboxylic acid groups (broad SMARTS) is 1. The molecule has 1 aliphatic carbocycles. The second-order valence-corrected chi connectivity index (χ2v) is 8.87. The van der Waals surface area contributed by atoms with E-state index >= 15 is 0 Å². The molecule has 138 valence electrons. The summed E-state index contributed by atoms with van der Waals surface area (Å²) in [7, 11) is 0. The van der Waals surface area contributed by atoms with E-state index in [1.54, 1.807) is 23.5 Å². The summed E-state index contributed by atoms with van der Waals surface area (Å²) in [6, 6.07) is 7.55. The van der Waals surface area contributed by atoms with Crippen LogP contribution in [0.3, 0.4) is 0 Å². The molecule has 2 aromatic rings. The van der Waals surface area contributed by atoms with E-state index in [1.165, 1.54) is 4.88 Å². The Morgan fingerprint density at radius 3 is 2.73 bits per heavy atom. The summed E-state index contributed by atoms with van der Waals surface area (Å²) in [4.78, 5) is 20.9. The van der Waals surface area contributed by atoms with Crippen molar-refractivity contribution in [2.45, 2.75) is 45.1 Å². The Morgan fingerprint density at radius 2 is 2.08 bits per heavy atom. The zero-order chi connectivity index (χ0) is 18.3. The Balaban J connectivity index is 1.72. The lowest BCUT2D eigenvalue weighted by Gasteiger charge is -2.43. The van der Waals surface area contributed by atoms with Crippen LogP contribution < -0.4 is 4.90 Å². The number of aryl methyl sites for hydroxylation is 1. The molecule has 26 heavy (non-hydrogen) atoms. The molecule has 0 radical (unpaired) electrons. The fraction of sp³-hybridized carbons (Fsp3) is 0.500. The first kappa shape index (κ1) is 17.5. The van der Waals surface area contributed by atoms with Crippen LogP contribution in [0.2, 0.25) is 0 Å². The molecule has 0 amide bonds. The van der Waals surface area contributed by atoms with Crippen LogP contribution >= 0.6 is 11.3 Å². The molecule has 0 aromatic carbocycles. The normalized spacial score (nSPS) is 25.8. The average molecular weight is 372 g/mol. The Labute approximate surface area is 157 Å². The van der Waals surface area contributed by atoms with Gasteiger partial charge in [0.25, 0.3) is 0 Å². The van der Waals surface area contributed by atoms with Crippen LogP contribution in [0.25, 0.3) is 10.6 Å². The maximum atomic E-state index is 11.8. The second-order valence-electron chi connectivity index (χ2n) is 7.58. The number of nitrogens with zero attached hydrogens (tertiary/aromatic N) is 2. The first-order valence-corrected chi connectivity index (χ1v) is 10.0. The Bertz CT molecular complexity index is 834. The number of hydrogen-bond acceptors (Lipinski definition) is 5. The number of aliphatic hydroxyl groups excluding tert-OH is 1. The monoisotopic (exact) mass is 372 g/mol. The third-order valence-corrected chi connectivity index (χ3v) is 6.89. The van der Waals surface area contributed by atoms with Gasteiger partial charge in [0.1, 0.15) is 11.4 Å². The second kappa shape index (κ2) is 6.67. The van der Waals surface area contributed by atoms with Crippen LogP contribution in [0.1, 0.15) is 47.3 Å².